The summed E-state index contributed by atoms with van der Waals surface area (Å²) >= 11 is 2.66. The predicted molar refractivity (Wildman–Crippen MR) is 108 cm³/mol. The number of thioether (sulfide) groups is 1. The van der Waals surface area contributed by atoms with Crippen LogP contribution in [-0.4, -0.2) is 26.8 Å². The molecule has 4 aromatic rings. The SMILES string of the molecule is Cc1ccc2nc(NC(=O)CSc3nnc(-c4ccccc4C)o3)sc2c1. The van der Waals surface area contributed by atoms with Gasteiger partial charge in [0.25, 0.3) is 5.22 Å². The molecule has 0 aliphatic heterocycles. The number of aryl methyl sites for hydroxylation is 2. The molecule has 0 atom stereocenters. The van der Waals surface area contributed by atoms with Crippen LogP contribution >= 0.6 is 23.1 Å². The molecule has 4 rings (SSSR count). The van der Waals surface area contributed by atoms with Crippen molar-refractivity contribution >= 4 is 44.4 Å². The van der Waals surface area contributed by atoms with Gasteiger partial charge in [-0.05, 0) is 43.2 Å². The molecular weight excluding hydrogens is 380 g/mol. The molecule has 1 N–H and O–H groups in total. The maximum atomic E-state index is 12.2. The number of thiazole rings is 1. The van der Waals surface area contributed by atoms with Crippen molar-refractivity contribution in [1.29, 1.82) is 0 Å². The van der Waals surface area contributed by atoms with Gasteiger partial charge >= 0.3 is 0 Å². The summed E-state index contributed by atoms with van der Waals surface area (Å²) in [4.78, 5) is 16.6. The summed E-state index contributed by atoms with van der Waals surface area (Å²) in [6.45, 7) is 4.02. The van der Waals surface area contributed by atoms with E-state index in [1.165, 1.54) is 28.7 Å². The van der Waals surface area contributed by atoms with E-state index in [0.717, 1.165) is 21.3 Å². The van der Waals surface area contributed by atoms with Crippen LogP contribution in [0.5, 0.6) is 0 Å². The van der Waals surface area contributed by atoms with E-state index in [0.29, 0.717) is 16.2 Å². The molecule has 0 saturated heterocycles. The van der Waals surface area contributed by atoms with E-state index in [9.17, 15) is 4.79 Å². The number of nitrogens with one attached hydrogen (secondary N) is 1. The Bertz CT molecular complexity index is 1120. The van der Waals surface area contributed by atoms with Crippen LogP contribution in [0.15, 0.2) is 52.1 Å². The number of hydrogen-bond acceptors (Lipinski definition) is 7. The van der Waals surface area contributed by atoms with Gasteiger partial charge < -0.3 is 9.73 Å². The monoisotopic (exact) mass is 396 g/mol. The number of aromatic nitrogens is 3. The Morgan fingerprint density at radius 1 is 1.19 bits per heavy atom. The first-order chi connectivity index (χ1) is 13.1. The first kappa shape index (κ1) is 17.7. The van der Waals surface area contributed by atoms with Gasteiger partial charge in [0.1, 0.15) is 0 Å². The normalized spacial score (nSPS) is 11.0. The van der Waals surface area contributed by atoms with E-state index in [-0.39, 0.29) is 11.7 Å². The standard InChI is InChI=1S/C19H16N4O2S2/c1-11-7-8-14-15(9-11)27-18(20-14)21-16(24)10-26-19-23-22-17(25-19)13-6-4-3-5-12(13)2/h3-9H,10H2,1-2H3,(H,20,21,24). The van der Waals surface area contributed by atoms with Crippen LogP contribution in [0.3, 0.4) is 0 Å². The number of carbonyl (C=O) groups excluding carboxylic acids is 1. The predicted octanol–water partition coefficient (Wildman–Crippen LogP) is 4.69. The minimum atomic E-state index is -0.161. The van der Waals surface area contributed by atoms with Crippen LogP contribution in [0.2, 0.25) is 0 Å². The second-order valence-electron chi connectivity index (χ2n) is 6.02. The molecule has 0 aliphatic carbocycles. The van der Waals surface area contributed by atoms with Crippen molar-refractivity contribution in [1.82, 2.24) is 15.2 Å². The van der Waals surface area contributed by atoms with Gasteiger partial charge in [-0.25, -0.2) is 4.98 Å². The molecule has 136 valence electrons. The van der Waals surface area contributed by atoms with Crippen molar-refractivity contribution in [2.75, 3.05) is 11.1 Å². The van der Waals surface area contributed by atoms with Gasteiger partial charge in [-0.2, -0.15) is 0 Å². The van der Waals surface area contributed by atoms with Crippen molar-refractivity contribution in [3.63, 3.8) is 0 Å². The highest BCUT2D eigenvalue weighted by Gasteiger charge is 2.13. The number of carbonyl (C=O) groups is 1. The summed E-state index contributed by atoms with van der Waals surface area (Å²) in [6.07, 6.45) is 0. The number of benzene rings is 2. The Kier molecular flexibility index (Phi) is 4.91. The van der Waals surface area contributed by atoms with Crippen molar-refractivity contribution in [2.45, 2.75) is 19.1 Å². The van der Waals surface area contributed by atoms with E-state index in [4.69, 9.17) is 4.42 Å². The number of rotatable bonds is 5. The van der Waals surface area contributed by atoms with Gasteiger partial charge in [-0.15, -0.1) is 10.2 Å². The molecule has 0 fully saturated rings. The zero-order chi connectivity index (χ0) is 18.8. The van der Waals surface area contributed by atoms with Crippen molar-refractivity contribution in [3.8, 4) is 11.5 Å². The second kappa shape index (κ2) is 7.50. The topological polar surface area (TPSA) is 80.9 Å². The van der Waals surface area contributed by atoms with Crippen LogP contribution in [0.1, 0.15) is 11.1 Å². The Morgan fingerprint density at radius 3 is 2.89 bits per heavy atom. The molecule has 0 bridgehead atoms. The summed E-state index contributed by atoms with van der Waals surface area (Å²) in [5, 5.41) is 11.9. The molecule has 8 heteroatoms. The Hall–Kier alpha value is -2.71. The van der Waals surface area contributed by atoms with E-state index in [2.05, 4.69) is 26.6 Å². The molecule has 0 saturated carbocycles. The number of amides is 1. The lowest BCUT2D eigenvalue weighted by molar-refractivity contribution is -0.113. The van der Waals surface area contributed by atoms with E-state index >= 15 is 0 Å². The van der Waals surface area contributed by atoms with E-state index in [1.54, 1.807) is 0 Å². The van der Waals surface area contributed by atoms with Crippen molar-refractivity contribution in [2.24, 2.45) is 0 Å². The average Bonchev–Trinajstić information content (AvgIpc) is 3.26. The fourth-order valence-electron chi connectivity index (χ4n) is 2.56. The van der Waals surface area contributed by atoms with Crippen molar-refractivity contribution in [3.05, 3.63) is 53.6 Å². The lowest BCUT2D eigenvalue weighted by Crippen LogP contribution is -2.13. The average molecular weight is 396 g/mol. The number of nitrogens with zero attached hydrogens (tertiary/aromatic N) is 3. The van der Waals surface area contributed by atoms with Gasteiger partial charge in [-0.3, -0.25) is 4.79 Å². The van der Waals surface area contributed by atoms with Gasteiger partial charge in [0, 0.05) is 5.56 Å². The zero-order valence-corrected chi connectivity index (χ0v) is 16.4. The minimum Gasteiger partial charge on any atom is -0.411 e. The molecule has 2 aromatic heterocycles. The highest BCUT2D eigenvalue weighted by atomic mass is 32.2. The third-order valence-corrected chi connectivity index (χ3v) is 5.65. The zero-order valence-electron chi connectivity index (χ0n) is 14.7. The summed E-state index contributed by atoms with van der Waals surface area (Å²) in [6, 6.07) is 13.8. The first-order valence-electron chi connectivity index (χ1n) is 8.28. The molecule has 2 aromatic carbocycles. The third-order valence-electron chi connectivity index (χ3n) is 3.90. The van der Waals surface area contributed by atoms with Crippen LogP contribution in [-0.2, 0) is 4.79 Å². The lowest BCUT2D eigenvalue weighted by Gasteiger charge is -1.99. The summed E-state index contributed by atoms with van der Waals surface area (Å²) in [5.74, 6) is 0.466. The molecular formula is C19H16N4O2S2. The molecule has 2 heterocycles. The second-order valence-corrected chi connectivity index (χ2v) is 7.97. The number of fused-ring (bicyclic) bond motifs is 1. The quantitative estimate of drug-likeness (QED) is 0.493. The molecule has 27 heavy (non-hydrogen) atoms. The Balaban J connectivity index is 1.38. The summed E-state index contributed by atoms with van der Waals surface area (Å²) in [5.41, 5.74) is 4.00. The summed E-state index contributed by atoms with van der Waals surface area (Å²) < 4.78 is 6.71. The highest BCUT2D eigenvalue weighted by Crippen LogP contribution is 2.28. The van der Waals surface area contributed by atoms with E-state index < -0.39 is 0 Å². The molecule has 1 amide bonds. The van der Waals surface area contributed by atoms with Gasteiger partial charge in [0.05, 0.1) is 16.0 Å². The number of hydrogen-bond donors (Lipinski definition) is 1. The van der Waals surface area contributed by atoms with Gasteiger partial charge in [-0.1, -0.05) is 47.4 Å². The lowest BCUT2D eigenvalue weighted by atomic mass is 10.1. The third kappa shape index (κ3) is 4.01. The molecule has 0 spiro atoms. The molecule has 6 nitrogen and oxygen atoms in total. The largest absolute Gasteiger partial charge is 0.411 e. The smallest absolute Gasteiger partial charge is 0.277 e. The minimum absolute atomic E-state index is 0.161. The fourth-order valence-corrected chi connectivity index (χ4v) is 4.10. The highest BCUT2D eigenvalue weighted by molar-refractivity contribution is 7.99. The van der Waals surface area contributed by atoms with E-state index in [1.807, 2.05) is 50.2 Å². The van der Waals surface area contributed by atoms with Crippen LogP contribution in [0.25, 0.3) is 21.7 Å². The van der Waals surface area contributed by atoms with Gasteiger partial charge in [0.15, 0.2) is 5.13 Å². The van der Waals surface area contributed by atoms with Gasteiger partial charge in [0.2, 0.25) is 11.8 Å². The molecule has 0 aliphatic rings. The fraction of sp³-hybridized carbons (Fsp3) is 0.158. The summed E-state index contributed by atoms with van der Waals surface area (Å²) in [7, 11) is 0. The molecule has 0 unspecified atom stereocenters. The maximum Gasteiger partial charge on any atom is 0.277 e. The Morgan fingerprint density at radius 2 is 2.04 bits per heavy atom. The maximum absolute atomic E-state index is 12.2. The Labute approximate surface area is 164 Å². The first-order valence-corrected chi connectivity index (χ1v) is 10.1. The van der Waals surface area contributed by atoms with Crippen molar-refractivity contribution < 1.29 is 9.21 Å². The number of anilines is 1. The van der Waals surface area contributed by atoms with Crippen LogP contribution < -0.4 is 5.32 Å². The molecule has 0 radical (unpaired) electrons. The van der Waals surface area contributed by atoms with Crippen LogP contribution in [0, 0.1) is 13.8 Å². The van der Waals surface area contributed by atoms with Crippen LogP contribution in [0.4, 0.5) is 5.13 Å².